The normalized spacial score (nSPS) is 12.2. The second-order valence-electron chi connectivity index (χ2n) is 12.3. The SMILES string of the molecule is COc1cccc(CN(C(=O)CN(c2ccc(C)cc2)S(=O)(=O)c2ccc(SC)cc2)[C@@H](Cc2ccccc2)C(=O)NC(C)(C)C)c1. The fourth-order valence-electron chi connectivity index (χ4n) is 5.09. The van der Waals surface area contributed by atoms with Crippen molar-refractivity contribution in [1.29, 1.82) is 0 Å². The van der Waals surface area contributed by atoms with Gasteiger partial charge < -0.3 is 15.0 Å². The van der Waals surface area contributed by atoms with Crippen LogP contribution in [0.15, 0.2) is 113 Å². The number of benzene rings is 4. The van der Waals surface area contributed by atoms with Gasteiger partial charge in [0.05, 0.1) is 17.7 Å². The minimum atomic E-state index is -4.18. The van der Waals surface area contributed by atoms with E-state index >= 15 is 0 Å². The van der Waals surface area contributed by atoms with Crippen LogP contribution in [0.1, 0.15) is 37.5 Å². The first-order chi connectivity index (χ1) is 22.3. The van der Waals surface area contributed by atoms with Gasteiger partial charge in [-0.3, -0.25) is 13.9 Å². The number of ether oxygens (including phenoxy) is 1. The third-order valence-corrected chi connectivity index (χ3v) is 10.0. The summed E-state index contributed by atoms with van der Waals surface area (Å²) in [6, 6.07) is 29.4. The predicted octanol–water partition coefficient (Wildman–Crippen LogP) is 6.48. The van der Waals surface area contributed by atoms with Crippen LogP contribution in [-0.2, 0) is 32.6 Å². The van der Waals surface area contributed by atoms with E-state index in [4.69, 9.17) is 4.74 Å². The summed E-state index contributed by atoms with van der Waals surface area (Å²) >= 11 is 1.51. The van der Waals surface area contributed by atoms with Gasteiger partial charge in [-0.2, -0.15) is 0 Å². The third-order valence-electron chi connectivity index (χ3n) is 7.50. The Bertz CT molecular complexity index is 1750. The van der Waals surface area contributed by atoms with E-state index in [1.807, 2.05) is 94.6 Å². The monoisotopic (exact) mass is 673 g/mol. The van der Waals surface area contributed by atoms with Crippen molar-refractivity contribution in [1.82, 2.24) is 10.2 Å². The second-order valence-corrected chi connectivity index (χ2v) is 15.1. The topological polar surface area (TPSA) is 96.0 Å². The maximum Gasteiger partial charge on any atom is 0.264 e. The Morgan fingerprint density at radius 3 is 2.11 bits per heavy atom. The molecule has 1 atom stereocenters. The standard InChI is InChI=1S/C37H43N3O5S2/c1-27-15-17-30(18-16-27)40(47(43,44)33-21-19-32(46-6)20-22-33)26-35(41)39(25-29-13-10-14-31(23-29)45-5)34(36(42)38-37(2,3)4)24-28-11-8-7-9-12-28/h7-23,34H,24-26H2,1-6H3,(H,38,42)/t34-/m0/s1. The van der Waals surface area contributed by atoms with Gasteiger partial charge in [-0.05, 0) is 93.6 Å². The number of amides is 2. The van der Waals surface area contributed by atoms with Gasteiger partial charge in [-0.15, -0.1) is 11.8 Å². The number of nitrogens with one attached hydrogen (secondary N) is 1. The lowest BCUT2D eigenvalue weighted by Crippen LogP contribution is -2.56. The summed E-state index contributed by atoms with van der Waals surface area (Å²) < 4.78 is 35.1. The smallest absolute Gasteiger partial charge is 0.264 e. The zero-order valence-electron chi connectivity index (χ0n) is 27.8. The molecule has 0 unspecified atom stereocenters. The first-order valence-electron chi connectivity index (χ1n) is 15.3. The van der Waals surface area contributed by atoms with Crippen molar-refractivity contribution in [2.75, 3.05) is 24.2 Å². The first kappa shape index (κ1) is 35.6. The van der Waals surface area contributed by atoms with Gasteiger partial charge in [-0.25, -0.2) is 8.42 Å². The molecule has 0 saturated carbocycles. The molecular formula is C37H43N3O5S2. The van der Waals surface area contributed by atoms with E-state index in [1.54, 1.807) is 49.6 Å². The average molecular weight is 674 g/mol. The molecule has 0 fully saturated rings. The number of rotatable bonds is 13. The van der Waals surface area contributed by atoms with Crippen LogP contribution in [0.25, 0.3) is 0 Å². The van der Waals surface area contributed by atoms with Crippen molar-refractivity contribution in [3.05, 3.63) is 120 Å². The fraction of sp³-hybridized carbons (Fsp3) is 0.297. The first-order valence-corrected chi connectivity index (χ1v) is 18.0. The lowest BCUT2D eigenvalue weighted by molar-refractivity contribution is -0.140. The van der Waals surface area contributed by atoms with Crippen LogP contribution in [0.5, 0.6) is 5.75 Å². The largest absolute Gasteiger partial charge is 0.497 e. The Morgan fingerprint density at radius 2 is 1.51 bits per heavy atom. The Kier molecular flexibility index (Phi) is 11.8. The van der Waals surface area contributed by atoms with Gasteiger partial charge in [0.2, 0.25) is 11.8 Å². The maximum absolute atomic E-state index is 14.6. The Hall–Kier alpha value is -4.28. The lowest BCUT2D eigenvalue weighted by Gasteiger charge is -2.35. The highest BCUT2D eigenvalue weighted by Crippen LogP contribution is 2.27. The Morgan fingerprint density at radius 1 is 0.872 bits per heavy atom. The summed E-state index contributed by atoms with van der Waals surface area (Å²) in [5, 5.41) is 3.05. The average Bonchev–Trinajstić information content (AvgIpc) is 3.05. The number of carbonyl (C=O) groups is 2. The molecule has 248 valence electrons. The summed E-state index contributed by atoms with van der Waals surface area (Å²) in [5.41, 5.74) is 2.32. The molecule has 1 N–H and O–H groups in total. The molecule has 0 aliphatic heterocycles. The van der Waals surface area contributed by atoms with E-state index < -0.39 is 34.1 Å². The molecule has 0 aromatic heterocycles. The van der Waals surface area contributed by atoms with Crippen LogP contribution in [-0.4, -0.2) is 56.6 Å². The minimum Gasteiger partial charge on any atom is -0.497 e. The molecule has 0 saturated heterocycles. The molecule has 0 radical (unpaired) electrons. The quantitative estimate of drug-likeness (QED) is 0.163. The van der Waals surface area contributed by atoms with Crippen LogP contribution >= 0.6 is 11.8 Å². The molecule has 0 bridgehead atoms. The molecule has 47 heavy (non-hydrogen) atoms. The van der Waals surface area contributed by atoms with Gasteiger partial charge in [0.1, 0.15) is 18.3 Å². The van der Waals surface area contributed by atoms with E-state index in [9.17, 15) is 18.0 Å². The summed E-state index contributed by atoms with van der Waals surface area (Å²) in [4.78, 5) is 31.1. The van der Waals surface area contributed by atoms with Crippen molar-refractivity contribution < 1.29 is 22.7 Å². The zero-order valence-corrected chi connectivity index (χ0v) is 29.4. The molecule has 10 heteroatoms. The van der Waals surface area contributed by atoms with Crippen LogP contribution < -0.4 is 14.4 Å². The van der Waals surface area contributed by atoms with Crippen LogP contribution in [0.2, 0.25) is 0 Å². The highest BCUT2D eigenvalue weighted by molar-refractivity contribution is 7.98. The van der Waals surface area contributed by atoms with Gasteiger partial charge in [0.25, 0.3) is 10.0 Å². The summed E-state index contributed by atoms with van der Waals surface area (Å²) in [6.07, 6.45) is 2.14. The van der Waals surface area contributed by atoms with E-state index in [2.05, 4.69) is 5.32 Å². The van der Waals surface area contributed by atoms with Gasteiger partial charge in [-0.1, -0.05) is 60.2 Å². The highest BCUT2D eigenvalue weighted by Gasteiger charge is 2.35. The van der Waals surface area contributed by atoms with Crippen LogP contribution in [0, 0.1) is 6.92 Å². The van der Waals surface area contributed by atoms with E-state index in [0.29, 0.717) is 11.4 Å². The molecule has 4 rings (SSSR count). The molecule has 0 spiro atoms. The summed E-state index contributed by atoms with van der Waals surface area (Å²) in [7, 11) is -2.62. The number of carbonyl (C=O) groups excluding carboxylic acids is 2. The zero-order chi connectivity index (χ0) is 34.2. The molecule has 0 heterocycles. The molecule has 0 aliphatic carbocycles. The molecule has 4 aromatic carbocycles. The number of thioether (sulfide) groups is 1. The van der Waals surface area contributed by atoms with E-state index in [-0.39, 0.29) is 23.8 Å². The lowest BCUT2D eigenvalue weighted by atomic mass is 10.0. The number of nitrogens with zero attached hydrogens (tertiary/aromatic N) is 2. The van der Waals surface area contributed by atoms with Gasteiger partial charge in [0, 0.05) is 23.4 Å². The van der Waals surface area contributed by atoms with Crippen molar-refractivity contribution in [2.24, 2.45) is 0 Å². The number of methoxy groups -OCH3 is 1. The third kappa shape index (κ3) is 9.62. The van der Waals surface area contributed by atoms with Crippen LogP contribution in [0.4, 0.5) is 5.69 Å². The number of anilines is 1. The summed E-state index contributed by atoms with van der Waals surface area (Å²) in [6.45, 7) is 7.09. The predicted molar refractivity (Wildman–Crippen MR) is 189 cm³/mol. The number of sulfonamides is 1. The van der Waals surface area contributed by atoms with Crippen molar-refractivity contribution in [2.45, 2.75) is 62.0 Å². The highest BCUT2D eigenvalue weighted by atomic mass is 32.2. The minimum absolute atomic E-state index is 0.0509. The molecule has 0 aliphatic rings. The van der Waals surface area contributed by atoms with Crippen molar-refractivity contribution >= 4 is 39.3 Å². The van der Waals surface area contributed by atoms with Gasteiger partial charge in [0.15, 0.2) is 0 Å². The van der Waals surface area contributed by atoms with E-state index in [1.165, 1.54) is 16.7 Å². The van der Waals surface area contributed by atoms with Crippen LogP contribution in [0.3, 0.4) is 0 Å². The molecule has 2 amide bonds. The van der Waals surface area contributed by atoms with Crippen molar-refractivity contribution in [3.8, 4) is 5.75 Å². The Labute approximate surface area is 283 Å². The van der Waals surface area contributed by atoms with E-state index in [0.717, 1.165) is 25.9 Å². The number of hydrogen-bond donors (Lipinski definition) is 1. The van der Waals surface area contributed by atoms with Crippen molar-refractivity contribution in [3.63, 3.8) is 0 Å². The molecular weight excluding hydrogens is 631 g/mol. The summed E-state index contributed by atoms with van der Waals surface area (Å²) in [5.74, 6) is -0.260. The van der Waals surface area contributed by atoms with Gasteiger partial charge >= 0.3 is 0 Å². The Balaban J connectivity index is 1.82. The second kappa shape index (κ2) is 15.5. The number of hydrogen-bond acceptors (Lipinski definition) is 6. The molecule has 8 nitrogen and oxygen atoms in total. The fourth-order valence-corrected chi connectivity index (χ4v) is 6.91. The molecule has 4 aromatic rings. The maximum atomic E-state index is 14.6. The number of aryl methyl sites for hydroxylation is 1.